The molecule has 0 aromatic carbocycles. The van der Waals surface area contributed by atoms with Crippen molar-refractivity contribution in [1.82, 2.24) is 0 Å². The summed E-state index contributed by atoms with van der Waals surface area (Å²) >= 11 is 8.64. The molecule has 0 aromatic heterocycles. The largest absolute Gasteiger partial charge is 1.00 e. The van der Waals surface area contributed by atoms with Crippen molar-refractivity contribution in [2.75, 3.05) is 138 Å². The Kier molecular flexibility index (Phi) is 1740. The van der Waals surface area contributed by atoms with Crippen molar-refractivity contribution < 1.29 is 125 Å². The molecule has 0 aliphatic carbocycles. The van der Waals surface area contributed by atoms with E-state index in [2.05, 4.69) is 80.9 Å². The molecule has 0 amide bonds. The molecule has 0 spiro atoms. The number of alkyl halides is 1. The minimum atomic E-state index is -0.125. The second kappa shape index (κ2) is 502. The summed E-state index contributed by atoms with van der Waals surface area (Å²) in [4.78, 5) is 0. The molecule has 23 heteroatoms. The van der Waals surface area contributed by atoms with Gasteiger partial charge in [-0.2, -0.15) is 0 Å². The van der Waals surface area contributed by atoms with Crippen LogP contribution in [0.15, 0.2) is 13.2 Å². The molecule has 0 aliphatic rings. The van der Waals surface area contributed by atoms with Crippen LogP contribution in [0.1, 0.15) is 218 Å². The second-order valence-corrected chi connectivity index (χ2v) is 8.89. The zero-order valence-electron chi connectivity index (χ0n) is 33.6. The first kappa shape index (κ1) is 264. The van der Waals surface area contributed by atoms with Crippen molar-refractivity contribution in [1.29, 1.82) is 0 Å². The molecule has 76 heavy (non-hydrogen) atoms. The van der Waals surface area contributed by atoms with Crippen LogP contribution in [0.2, 0.25) is 0 Å². The van der Waals surface area contributed by atoms with Crippen molar-refractivity contribution in [2.45, 2.75) is 216 Å². The predicted octanol–water partition coefficient (Wildman–Crippen LogP) is 9.96. The minimum absolute atomic E-state index is 0. The van der Waals surface area contributed by atoms with Gasteiger partial charge in [0.25, 0.3) is 0 Å². The van der Waals surface area contributed by atoms with E-state index < -0.39 is 0 Å². The zero-order valence-corrected chi connectivity index (χ0v) is 39.4. The van der Waals surface area contributed by atoms with Gasteiger partial charge in [-0.15, -0.1) is 13.2 Å². The third-order valence-corrected chi connectivity index (χ3v) is 3.09. The quantitative estimate of drug-likeness (QED) is 0.0366. The summed E-state index contributed by atoms with van der Waals surface area (Å²) in [5, 5.41) is 126. The molecule has 0 atom stereocenters. The molecule has 0 rings (SSSR count). The van der Waals surface area contributed by atoms with E-state index >= 15 is 0 Å². The summed E-state index contributed by atoms with van der Waals surface area (Å²) in [7, 11) is 3.22. The van der Waals surface area contributed by atoms with Gasteiger partial charge in [0.1, 0.15) is 0 Å². The zero-order chi connectivity index (χ0) is 43.8. The molecule has 0 heterocycles. The van der Waals surface area contributed by atoms with Crippen LogP contribution in [-0.2, 0) is 12.4 Å². The second-order valence-electron chi connectivity index (χ2n) is 6.99. The number of aliphatic hydroxyl groups is 16. The Bertz CT molecular complexity index is 287. The van der Waals surface area contributed by atoms with E-state index in [1.807, 2.05) is 0 Å². The topological polar surface area (TPSA) is 351 Å². The first-order valence-electron chi connectivity index (χ1n) is 15.7. The molecule has 520 valence electrons. The standard InChI is InChI=1S/2C3H7BrO.5C3H8O2.3C2H6O2.C2H4.CH3BrO.23CH4.Na.H/c1-5-3-2-4;1-2-3-5-4;5*4-2-1-3-5;3*3-1-2-4;1-2;1-3-2;;;;;;;;;;;;;;;;;;;;;;;;;/h2*2-3H2,1H3;5*4-5H,1-3H2;3*3-4H,1-2H2;1-2H2;1H3;23*1H4;;/q;;;;;;;;;;;;;;;;;;;;;;;;;;;;;;;;;;;+1;-1. The molecule has 0 saturated heterocycles. The van der Waals surface area contributed by atoms with Crippen molar-refractivity contribution in [2.24, 2.45) is 0 Å². The summed E-state index contributed by atoms with van der Waals surface area (Å²) in [6, 6.07) is 0. The molecule has 0 radical (unpaired) electrons. The van der Waals surface area contributed by atoms with E-state index in [0.717, 1.165) is 25.0 Å². The van der Waals surface area contributed by atoms with Crippen molar-refractivity contribution in [3.8, 4) is 0 Å². The average Bonchev–Trinajstić information content (AvgIpc) is 3.17. The fraction of sp³-hybridized carbons (Fsp3) is 0.962. The molecule has 0 fully saturated rings. The molecule has 0 aromatic rings. The van der Waals surface area contributed by atoms with Gasteiger partial charge in [0, 0.05) is 78.5 Å². The summed E-state index contributed by atoms with van der Waals surface area (Å²) in [6.45, 7) is 9.86. The Morgan fingerprint density at radius 3 is 0.421 bits per heavy atom. The van der Waals surface area contributed by atoms with E-state index in [4.69, 9.17) is 81.7 Å². The Labute approximate surface area is 537 Å². The molecule has 19 nitrogen and oxygen atoms in total. The van der Waals surface area contributed by atoms with E-state index in [0.29, 0.717) is 32.1 Å². The van der Waals surface area contributed by atoms with Crippen LogP contribution in [0.25, 0.3) is 0 Å². The first-order valence-corrected chi connectivity index (χ1v) is 18.2. The van der Waals surface area contributed by atoms with Crippen molar-refractivity contribution in [3.63, 3.8) is 0 Å². The monoisotopic (exact) mass is 1370 g/mol. The van der Waals surface area contributed by atoms with Gasteiger partial charge in [0.15, 0.2) is 0 Å². The van der Waals surface area contributed by atoms with E-state index in [-0.39, 0.29) is 308 Å². The van der Waals surface area contributed by atoms with Gasteiger partial charge < -0.3 is 95.5 Å². The maximum absolute atomic E-state index is 7.91. The number of aliphatic hydroxyl groups excluding tert-OH is 16. The minimum Gasteiger partial charge on any atom is -1.00 e. The Balaban J connectivity index is -0.00000000631. The third-order valence-electron chi connectivity index (χ3n) is 2.44. The molecular formula is C53H172Br3NaO19. The SMILES string of the molecule is C.C.C.C.C.C.C.C.C.C.C.C.C.C.C.C.C.C.C.C.C.C.C.C=C.CCCOBr.COBr.COCCBr.OCCCO.OCCCO.OCCCO.OCCCO.OCCCO.OCCO.OCCO.OCCO.[H-].[Na+]. The Morgan fingerprint density at radius 1 is 0.303 bits per heavy atom. The number of rotatable bonds is 17. The summed E-state index contributed by atoms with van der Waals surface area (Å²) in [5.41, 5.74) is 0. The van der Waals surface area contributed by atoms with Crippen LogP contribution in [0, 0.1) is 0 Å². The van der Waals surface area contributed by atoms with Crippen LogP contribution < -0.4 is 29.6 Å². The van der Waals surface area contributed by atoms with Gasteiger partial charge in [-0.05, 0) is 38.5 Å². The number of halogens is 3. The Morgan fingerprint density at radius 2 is 0.421 bits per heavy atom. The van der Waals surface area contributed by atoms with E-state index in [1.54, 1.807) is 14.2 Å². The van der Waals surface area contributed by atoms with Crippen LogP contribution in [-0.4, -0.2) is 220 Å². The fourth-order valence-electron chi connectivity index (χ4n) is 0.508. The molecule has 16 N–H and O–H groups in total. The van der Waals surface area contributed by atoms with Crippen LogP contribution in [0.4, 0.5) is 0 Å². The Hall–Kier alpha value is 1.42. The van der Waals surface area contributed by atoms with Crippen LogP contribution in [0.3, 0.4) is 0 Å². The molecule has 0 saturated carbocycles. The molecule has 0 aliphatic heterocycles. The maximum atomic E-state index is 7.91. The first-order chi connectivity index (χ1) is 25.1. The summed E-state index contributed by atoms with van der Waals surface area (Å²) < 4.78 is 13.2. The van der Waals surface area contributed by atoms with Gasteiger partial charge in [-0.1, -0.05) is 194 Å². The van der Waals surface area contributed by atoms with Crippen LogP contribution in [0.5, 0.6) is 0 Å². The maximum Gasteiger partial charge on any atom is 1.00 e. The summed E-state index contributed by atoms with van der Waals surface area (Å²) in [6.07, 6.45) is 3.57. The summed E-state index contributed by atoms with van der Waals surface area (Å²) in [5.74, 6) is 0. The van der Waals surface area contributed by atoms with Gasteiger partial charge in [0.2, 0.25) is 0 Å². The van der Waals surface area contributed by atoms with Gasteiger partial charge in [0.05, 0.1) is 92.5 Å². The number of hydrogen-bond acceptors (Lipinski definition) is 19. The van der Waals surface area contributed by atoms with Gasteiger partial charge in [-0.3, -0.25) is 0 Å². The number of ether oxygens (including phenoxy) is 1. The predicted molar refractivity (Wildman–Crippen MR) is 370 cm³/mol. The van der Waals surface area contributed by atoms with E-state index in [9.17, 15) is 0 Å². The van der Waals surface area contributed by atoms with Crippen LogP contribution >= 0.6 is 48.4 Å². The smallest absolute Gasteiger partial charge is 1.00 e. The molecule has 0 bridgehead atoms. The number of hydrogen-bond donors (Lipinski definition) is 16. The molecule has 0 unspecified atom stereocenters. The number of methoxy groups -OCH3 is 1. The van der Waals surface area contributed by atoms with E-state index in [1.165, 1.54) is 0 Å². The third kappa shape index (κ3) is 1230. The normalized spacial score (nSPS) is 5.34. The molecular weight excluding hydrogens is 1200 g/mol. The van der Waals surface area contributed by atoms with Gasteiger partial charge >= 0.3 is 29.6 Å². The van der Waals surface area contributed by atoms with Gasteiger partial charge in [-0.25, -0.2) is 0 Å². The average molecular weight is 1380 g/mol. The van der Waals surface area contributed by atoms with Crippen molar-refractivity contribution in [3.05, 3.63) is 13.2 Å². The fourth-order valence-corrected chi connectivity index (χ4v) is 1.16. The van der Waals surface area contributed by atoms with Crippen molar-refractivity contribution >= 4 is 48.4 Å².